The summed E-state index contributed by atoms with van der Waals surface area (Å²) < 4.78 is 25.6. The molecule has 1 aromatic rings. The molecular weight excluding hydrogens is 370 g/mol. The van der Waals surface area contributed by atoms with E-state index in [9.17, 15) is 13.2 Å². The molecule has 2 fully saturated rings. The first kappa shape index (κ1) is 19.7. The molecule has 0 N–H and O–H groups in total. The van der Waals surface area contributed by atoms with E-state index in [1.165, 1.54) is 12.1 Å². The molecular formula is C20H28ClNO3S. The van der Waals surface area contributed by atoms with Gasteiger partial charge in [-0.2, -0.15) is 0 Å². The number of rotatable bonds is 4. The largest absolute Gasteiger partial charge is 0.341 e. The Morgan fingerprint density at radius 1 is 1.08 bits per heavy atom. The highest BCUT2D eigenvalue weighted by Crippen LogP contribution is 2.43. The smallest absolute Gasteiger partial charge is 0.244 e. The van der Waals surface area contributed by atoms with E-state index in [2.05, 4.69) is 6.92 Å². The molecule has 0 heterocycles. The van der Waals surface area contributed by atoms with Crippen LogP contribution in [0.1, 0.15) is 58.3 Å². The molecule has 0 radical (unpaired) electrons. The Labute approximate surface area is 161 Å². The maximum absolute atomic E-state index is 13.5. The van der Waals surface area contributed by atoms with Gasteiger partial charge in [-0.05, 0) is 68.7 Å². The molecule has 0 unspecified atom stereocenters. The third kappa shape index (κ3) is 3.40. The Bertz CT molecular complexity index is 746. The van der Waals surface area contributed by atoms with Crippen LogP contribution < -0.4 is 0 Å². The number of amides is 1. The van der Waals surface area contributed by atoms with Crippen molar-refractivity contribution in [3.05, 3.63) is 29.3 Å². The third-order valence-electron chi connectivity index (χ3n) is 6.29. The van der Waals surface area contributed by atoms with Gasteiger partial charge in [0.2, 0.25) is 5.91 Å². The van der Waals surface area contributed by atoms with Gasteiger partial charge in [0, 0.05) is 18.1 Å². The summed E-state index contributed by atoms with van der Waals surface area (Å²) in [6, 6.07) is 6.35. The lowest BCUT2D eigenvalue weighted by Crippen LogP contribution is -2.54. The molecule has 0 aliphatic heterocycles. The van der Waals surface area contributed by atoms with Gasteiger partial charge in [0.05, 0.1) is 4.90 Å². The van der Waals surface area contributed by atoms with E-state index in [-0.39, 0.29) is 16.8 Å². The van der Waals surface area contributed by atoms with Gasteiger partial charge in [0.25, 0.3) is 0 Å². The van der Waals surface area contributed by atoms with Crippen molar-refractivity contribution in [2.45, 2.75) is 74.0 Å². The molecule has 0 bridgehead atoms. The zero-order valence-electron chi connectivity index (χ0n) is 15.6. The van der Waals surface area contributed by atoms with Crippen molar-refractivity contribution in [1.29, 1.82) is 0 Å². The van der Waals surface area contributed by atoms with Crippen LogP contribution in [0.5, 0.6) is 0 Å². The van der Waals surface area contributed by atoms with Gasteiger partial charge >= 0.3 is 0 Å². The van der Waals surface area contributed by atoms with Gasteiger partial charge in [-0.15, -0.1) is 0 Å². The van der Waals surface area contributed by atoms with Crippen LogP contribution in [0.4, 0.5) is 0 Å². The fourth-order valence-electron chi connectivity index (χ4n) is 4.50. The average Bonchev–Trinajstić information content (AvgIpc) is 3.13. The summed E-state index contributed by atoms with van der Waals surface area (Å²) in [4.78, 5) is 15.4. The highest BCUT2D eigenvalue weighted by atomic mass is 35.5. The van der Waals surface area contributed by atoms with Crippen LogP contribution in [-0.2, 0) is 14.6 Å². The second-order valence-corrected chi connectivity index (χ2v) is 10.7. The first-order valence-electron chi connectivity index (χ1n) is 9.55. The minimum absolute atomic E-state index is 0.150. The van der Waals surface area contributed by atoms with Gasteiger partial charge in [-0.3, -0.25) is 4.79 Å². The van der Waals surface area contributed by atoms with Crippen LogP contribution in [0.3, 0.4) is 0 Å². The van der Waals surface area contributed by atoms with Gasteiger partial charge in [-0.1, -0.05) is 31.4 Å². The Balaban J connectivity index is 1.92. The minimum atomic E-state index is -3.76. The highest BCUT2D eigenvalue weighted by molar-refractivity contribution is 7.93. The van der Waals surface area contributed by atoms with Crippen molar-refractivity contribution < 1.29 is 13.2 Å². The molecule has 0 saturated heterocycles. The molecule has 0 aromatic heterocycles. The first-order chi connectivity index (χ1) is 12.3. The predicted octanol–water partition coefficient (Wildman–Crippen LogP) is 4.46. The van der Waals surface area contributed by atoms with Crippen molar-refractivity contribution in [1.82, 2.24) is 4.90 Å². The summed E-state index contributed by atoms with van der Waals surface area (Å²) in [5, 5.41) is 0.490. The molecule has 144 valence electrons. The quantitative estimate of drug-likeness (QED) is 0.753. The Hall–Kier alpha value is -1.07. The first-order valence-corrected chi connectivity index (χ1v) is 11.4. The zero-order chi connectivity index (χ0) is 18.9. The fourth-order valence-corrected chi connectivity index (χ4v) is 6.77. The molecule has 3 rings (SSSR count). The van der Waals surface area contributed by atoms with Crippen molar-refractivity contribution in [2.24, 2.45) is 5.92 Å². The molecule has 0 spiro atoms. The number of hydrogen-bond donors (Lipinski definition) is 0. The van der Waals surface area contributed by atoms with Crippen molar-refractivity contribution in [2.75, 3.05) is 7.05 Å². The van der Waals surface area contributed by atoms with E-state index in [1.807, 2.05) is 0 Å². The van der Waals surface area contributed by atoms with Gasteiger partial charge in [-0.25, -0.2) is 8.42 Å². The Kier molecular flexibility index (Phi) is 5.69. The number of carbonyl (C=O) groups is 1. The maximum atomic E-state index is 13.5. The van der Waals surface area contributed by atoms with E-state index in [4.69, 9.17) is 11.6 Å². The van der Waals surface area contributed by atoms with Gasteiger partial charge < -0.3 is 4.90 Å². The third-order valence-corrected chi connectivity index (χ3v) is 9.05. The second kappa shape index (κ2) is 7.51. The average molecular weight is 398 g/mol. The van der Waals surface area contributed by atoms with E-state index in [0.29, 0.717) is 23.8 Å². The van der Waals surface area contributed by atoms with Crippen LogP contribution in [0.2, 0.25) is 5.02 Å². The topological polar surface area (TPSA) is 54.5 Å². The fraction of sp³-hybridized carbons (Fsp3) is 0.650. The molecule has 0 atom stereocenters. The summed E-state index contributed by atoms with van der Waals surface area (Å²) in [6.45, 7) is 2.24. The molecule has 2 saturated carbocycles. The number of hydrogen-bond acceptors (Lipinski definition) is 3. The van der Waals surface area contributed by atoms with Crippen LogP contribution in [0.15, 0.2) is 29.2 Å². The van der Waals surface area contributed by atoms with Crippen molar-refractivity contribution >= 4 is 27.3 Å². The van der Waals surface area contributed by atoms with Crippen LogP contribution >= 0.6 is 11.6 Å². The lowest BCUT2D eigenvalue weighted by Gasteiger charge is -2.39. The van der Waals surface area contributed by atoms with Crippen LogP contribution in [-0.4, -0.2) is 37.1 Å². The summed E-state index contributed by atoms with van der Waals surface area (Å²) in [6.07, 6.45) is 6.47. The van der Waals surface area contributed by atoms with E-state index >= 15 is 0 Å². The number of nitrogens with zero attached hydrogens (tertiary/aromatic N) is 1. The molecule has 2 aliphatic rings. The Morgan fingerprint density at radius 3 is 2.15 bits per heavy atom. The number of carbonyl (C=O) groups excluding carboxylic acids is 1. The molecule has 4 nitrogen and oxygen atoms in total. The Morgan fingerprint density at radius 2 is 1.62 bits per heavy atom. The van der Waals surface area contributed by atoms with E-state index in [1.54, 1.807) is 24.1 Å². The molecule has 2 aliphatic carbocycles. The summed E-state index contributed by atoms with van der Waals surface area (Å²) in [5.74, 6) is 0.470. The molecule has 26 heavy (non-hydrogen) atoms. The predicted molar refractivity (Wildman–Crippen MR) is 104 cm³/mol. The van der Waals surface area contributed by atoms with Gasteiger partial charge in [0.1, 0.15) is 0 Å². The van der Waals surface area contributed by atoms with Crippen LogP contribution in [0, 0.1) is 5.92 Å². The minimum Gasteiger partial charge on any atom is -0.341 e. The van der Waals surface area contributed by atoms with E-state index in [0.717, 1.165) is 38.5 Å². The summed E-state index contributed by atoms with van der Waals surface area (Å²) >= 11 is 5.91. The molecule has 1 amide bonds. The number of benzene rings is 1. The van der Waals surface area contributed by atoms with Crippen molar-refractivity contribution in [3.8, 4) is 0 Å². The van der Waals surface area contributed by atoms with Gasteiger partial charge in [0.15, 0.2) is 14.6 Å². The lowest BCUT2D eigenvalue weighted by atomic mass is 9.86. The normalized spacial score (nSPS) is 25.8. The zero-order valence-corrected chi connectivity index (χ0v) is 17.2. The maximum Gasteiger partial charge on any atom is 0.244 e. The molecule has 6 heteroatoms. The SMILES string of the molecule is CC1CCC(N(C)C(=O)C2(S(=O)(=O)c3ccc(Cl)cc3)CCCC2)CC1. The summed E-state index contributed by atoms with van der Waals surface area (Å²) in [7, 11) is -1.97. The monoisotopic (exact) mass is 397 g/mol. The van der Waals surface area contributed by atoms with E-state index < -0.39 is 14.6 Å². The second-order valence-electron chi connectivity index (χ2n) is 7.99. The van der Waals surface area contributed by atoms with Crippen molar-refractivity contribution in [3.63, 3.8) is 0 Å². The number of sulfone groups is 1. The summed E-state index contributed by atoms with van der Waals surface area (Å²) in [5.41, 5.74) is 0. The standard InChI is InChI=1S/C20H28ClNO3S/c1-15-5-9-17(10-6-15)22(2)19(23)20(13-3-4-14-20)26(24,25)18-11-7-16(21)8-12-18/h7-8,11-12,15,17H,3-6,9-10,13-14H2,1-2H3. The number of halogens is 1. The van der Waals surface area contributed by atoms with Crippen LogP contribution in [0.25, 0.3) is 0 Å². The highest BCUT2D eigenvalue weighted by Gasteiger charge is 2.54. The lowest BCUT2D eigenvalue weighted by molar-refractivity contribution is -0.135. The molecule has 1 aromatic carbocycles.